The maximum atomic E-state index is 13.5. The van der Waals surface area contributed by atoms with Gasteiger partial charge in [0.2, 0.25) is 10.0 Å². The number of nitrogens with zero attached hydrogens (tertiary/aromatic N) is 2. The standard InChI is InChI=1S/C25H28N4O3S/c1-2-28-16-13-23-21(17-28)24(20-7-3-4-8-22(20)27-23)25(30)26-18-9-11-19(12-10-18)33(31,32)29-14-5-6-15-29/h3-4,7-12H,2,5-6,13-17H2,1H3,(H,26,30)/p+1. The number of anilines is 1. The van der Waals surface area contributed by atoms with E-state index in [1.165, 1.54) is 9.21 Å². The summed E-state index contributed by atoms with van der Waals surface area (Å²) in [5.41, 5.74) is 4.10. The quantitative estimate of drug-likeness (QED) is 0.605. The Morgan fingerprint density at radius 2 is 1.82 bits per heavy atom. The molecule has 7 nitrogen and oxygen atoms in total. The predicted molar refractivity (Wildman–Crippen MR) is 128 cm³/mol. The number of carbonyl (C=O) groups is 1. The van der Waals surface area contributed by atoms with Crippen LogP contribution in [0.15, 0.2) is 53.4 Å². The van der Waals surface area contributed by atoms with Gasteiger partial charge in [0.15, 0.2) is 0 Å². The van der Waals surface area contributed by atoms with Crippen molar-refractivity contribution in [3.05, 3.63) is 65.4 Å². The Hall–Kier alpha value is -2.81. The largest absolute Gasteiger partial charge is 0.331 e. The van der Waals surface area contributed by atoms with E-state index in [1.807, 2.05) is 24.3 Å². The van der Waals surface area contributed by atoms with E-state index in [0.717, 1.165) is 61.1 Å². The fourth-order valence-electron chi connectivity index (χ4n) is 4.88. The van der Waals surface area contributed by atoms with Crippen molar-refractivity contribution in [1.82, 2.24) is 9.29 Å². The first kappa shape index (κ1) is 22.0. The Balaban J connectivity index is 1.46. The SMILES string of the molecule is CC[NH+]1CCc2nc3ccccc3c(C(=O)Nc3ccc(S(=O)(=O)N4CCCC4)cc3)c2C1. The van der Waals surface area contributed by atoms with Gasteiger partial charge in [-0.2, -0.15) is 4.31 Å². The number of amides is 1. The summed E-state index contributed by atoms with van der Waals surface area (Å²) in [6, 6.07) is 14.3. The maximum absolute atomic E-state index is 13.5. The average molecular weight is 466 g/mol. The summed E-state index contributed by atoms with van der Waals surface area (Å²) in [7, 11) is -3.48. The fraction of sp³-hybridized carbons (Fsp3) is 0.360. The van der Waals surface area contributed by atoms with E-state index in [9.17, 15) is 13.2 Å². The van der Waals surface area contributed by atoms with Crippen LogP contribution in [0.4, 0.5) is 5.69 Å². The van der Waals surface area contributed by atoms with Crippen molar-refractivity contribution in [2.45, 2.75) is 37.6 Å². The van der Waals surface area contributed by atoms with Crippen LogP contribution in [0.3, 0.4) is 0 Å². The lowest BCUT2D eigenvalue weighted by atomic mass is 9.95. The predicted octanol–water partition coefficient (Wildman–Crippen LogP) is 2.23. The number of para-hydroxylation sites is 1. The number of aromatic nitrogens is 1. The molecule has 3 aromatic rings. The number of benzene rings is 2. The molecule has 1 unspecified atom stereocenters. The summed E-state index contributed by atoms with van der Waals surface area (Å²) in [4.78, 5) is 20.1. The highest BCUT2D eigenvalue weighted by Gasteiger charge is 2.29. The Morgan fingerprint density at radius 1 is 1.09 bits per heavy atom. The summed E-state index contributed by atoms with van der Waals surface area (Å²) >= 11 is 0. The summed E-state index contributed by atoms with van der Waals surface area (Å²) in [6.07, 6.45) is 2.65. The van der Waals surface area contributed by atoms with E-state index >= 15 is 0 Å². The first-order chi connectivity index (χ1) is 16.0. The molecule has 33 heavy (non-hydrogen) atoms. The van der Waals surface area contributed by atoms with Gasteiger partial charge in [-0.25, -0.2) is 8.42 Å². The normalized spacial score (nSPS) is 18.9. The Bertz CT molecular complexity index is 1300. The highest BCUT2D eigenvalue weighted by molar-refractivity contribution is 7.89. The molecular weight excluding hydrogens is 436 g/mol. The Kier molecular flexibility index (Phi) is 5.90. The first-order valence-electron chi connectivity index (χ1n) is 11.6. The molecule has 0 spiro atoms. The third kappa shape index (κ3) is 4.14. The van der Waals surface area contributed by atoms with Crippen molar-refractivity contribution >= 4 is 32.5 Å². The van der Waals surface area contributed by atoms with E-state index < -0.39 is 10.0 Å². The molecule has 172 valence electrons. The zero-order valence-corrected chi connectivity index (χ0v) is 19.6. The van der Waals surface area contributed by atoms with Gasteiger partial charge in [-0.15, -0.1) is 0 Å². The van der Waals surface area contributed by atoms with Gasteiger partial charge in [0.05, 0.1) is 34.8 Å². The van der Waals surface area contributed by atoms with Crippen molar-refractivity contribution in [3.63, 3.8) is 0 Å². The molecule has 5 rings (SSSR count). The minimum atomic E-state index is -3.48. The first-order valence-corrected chi connectivity index (χ1v) is 13.1. The number of quaternary nitrogens is 1. The zero-order chi connectivity index (χ0) is 23.0. The fourth-order valence-corrected chi connectivity index (χ4v) is 6.39. The molecule has 2 aromatic carbocycles. The molecule has 2 N–H and O–H groups in total. The van der Waals surface area contributed by atoms with Gasteiger partial charge in [0.1, 0.15) is 6.54 Å². The van der Waals surface area contributed by atoms with Gasteiger partial charge >= 0.3 is 0 Å². The second kappa shape index (κ2) is 8.85. The number of nitrogens with one attached hydrogen (secondary N) is 2. The summed E-state index contributed by atoms with van der Waals surface area (Å²) in [5, 5.41) is 3.84. The van der Waals surface area contributed by atoms with Gasteiger partial charge in [0, 0.05) is 36.1 Å². The molecule has 0 radical (unpaired) electrons. The molecule has 1 saturated heterocycles. The van der Waals surface area contributed by atoms with Crippen LogP contribution >= 0.6 is 0 Å². The number of hydrogen-bond donors (Lipinski definition) is 2. The maximum Gasteiger partial charge on any atom is 0.256 e. The van der Waals surface area contributed by atoms with E-state index in [0.29, 0.717) is 24.3 Å². The monoisotopic (exact) mass is 465 g/mol. The van der Waals surface area contributed by atoms with E-state index in [1.54, 1.807) is 24.3 Å². The minimum Gasteiger partial charge on any atom is -0.331 e. The van der Waals surface area contributed by atoms with Crippen LogP contribution in [0, 0.1) is 0 Å². The molecular formula is C25H29N4O3S+. The second-order valence-electron chi connectivity index (χ2n) is 8.80. The van der Waals surface area contributed by atoms with Crippen molar-refractivity contribution in [3.8, 4) is 0 Å². The van der Waals surface area contributed by atoms with Crippen molar-refractivity contribution in [2.75, 3.05) is 31.5 Å². The molecule has 3 heterocycles. The third-order valence-corrected chi connectivity index (χ3v) is 8.68. The molecule has 1 amide bonds. The lowest BCUT2D eigenvalue weighted by Gasteiger charge is -2.26. The molecule has 1 aromatic heterocycles. The third-order valence-electron chi connectivity index (χ3n) is 6.76. The number of likely N-dealkylation sites (N-methyl/N-ethyl adjacent to an activating group) is 1. The minimum absolute atomic E-state index is 0.183. The molecule has 0 saturated carbocycles. The lowest BCUT2D eigenvalue weighted by Crippen LogP contribution is -3.11. The number of hydrogen-bond acceptors (Lipinski definition) is 4. The average Bonchev–Trinajstić information content (AvgIpc) is 3.38. The summed E-state index contributed by atoms with van der Waals surface area (Å²) in [6.45, 7) is 6.09. The van der Waals surface area contributed by atoms with Crippen molar-refractivity contribution in [1.29, 1.82) is 0 Å². The smallest absolute Gasteiger partial charge is 0.256 e. The molecule has 2 aliphatic rings. The highest BCUT2D eigenvalue weighted by Crippen LogP contribution is 2.27. The van der Waals surface area contributed by atoms with Crippen LogP contribution in [0.2, 0.25) is 0 Å². The summed E-state index contributed by atoms with van der Waals surface area (Å²) in [5.74, 6) is -0.183. The Labute approximate surface area is 194 Å². The van der Waals surface area contributed by atoms with Gasteiger partial charge in [-0.05, 0) is 50.1 Å². The van der Waals surface area contributed by atoms with Crippen LogP contribution < -0.4 is 10.2 Å². The molecule has 1 fully saturated rings. The Morgan fingerprint density at radius 3 is 2.55 bits per heavy atom. The number of rotatable bonds is 5. The van der Waals surface area contributed by atoms with Crippen molar-refractivity contribution < 1.29 is 18.1 Å². The number of pyridine rings is 1. The molecule has 0 aliphatic carbocycles. The topological polar surface area (TPSA) is 83.8 Å². The highest BCUT2D eigenvalue weighted by atomic mass is 32.2. The molecule has 1 atom stereocenters. The van der Waals surface area contributed by atoms with Crippen LogP contribution in [0.1, 0.15) is 41.4 Å². The number of sulfonamides is 1. The van der Waals surface area contributed by atoms with Gasteiger partial charge in [-0.1, -0.05) is 18.2 Å². The number of carbonyl (C=O) groups excluding carboxylic acids is 1. The van der Waals surface area contributed by atoms with Crippen LogP contribution in [0.5, 0.6) is 0 Å². The molecule has 8 heteroatoms. The van der Waals surface area contributed by atoms with Crippen LogP contribution in [0.25, 0.3) is 10.9 Å². The van der Waals surface area contributed by atoms with Crippen molar-refractivity contribution in [2.24, 2.45) is 0 Å². The van der Waals surface area contributed by atoms with Gasteiger partial charge in [0.25, 0.3) is 5.91 Å². The van der Waals surface area contributed by atoms with Gasteiger partial charge < -0.3 is 10.2 Å². The second-order valence-corrected chi connectivity index (χ2v) is 10.7. The van der Waals surface area contributed by atoms with E-state index in [2.05, 4.69) is 12.2 Å². The van der Waals surface area contributed by atoms with E-state index in [4.69, 9.17) is 4.98 Å². The molecule has 0 bridgehead atoms. The van der Waals surface area contributed by atoms with Crippen LogP contribution in [-0.2, 0) is 23.0 Å². The van der Waals surface area contributed by atoms with E-state index in [-0.39, 0.29) is 10.8 Å². The molecule has 2 aliphatic heterocycles. The lowest BCUT2D eigenvalue weighted by molar-refractivity contribution is -0.914. The number of fused-ring (bicyclic) bond motifs is 2. The zero-order valence-electron chi connectivity index (χ0n) is 18.8. The van der Waals surface area contributed by atoms with Gasteiger partial charge in [-0.3, -0.25) is 9.78 Å². The summed E-state index contributed by atoms with van der Waals surface area (Å²) < 4.78 is 27.1. The van der Waals surface area contributed by atoms with Crippen LogP contribution in [-0.4, -0.2) is 49.8 Å².